The zero-order valence-electron chi connectivity index (χ0n) is 14.5. The topological polar surface area (TPSA) is 130 Å². The molecule has 2 aromatic rings. The standard InChI is InChI=1S/C19H15N3O6/c1-2-9-21-14-6-4-3-5-12(14)17(24)16(19(21)26)18(25)20-13-10-11(22(27)28)7-8-15(13)23/h2-8,10,16,23H,1,9H2,(H,20,25)/t16-/m1/s1. The van der Waals surface area contributed by atoms with E-state index in [2.05, 4.69) is 11.9 Å². The van der Waals surface area contributed by atoms with E-state index in [0.717, 1.165) is 18.2 Å². The van der Waals surface area contributed by atoms with Crippen molar-refractivity contribution >= 4 is 34.7 Å². The van der Waals surface area contributed by atoms with Gasteiger partial charge in [0.25, 0.3) is 5.69 Å². The van der Waals surface area contributed by atoms with Crippen molar-refractivity contribution in [2.45, 2.75) is 0 Å². The number of hydrogen-bond acceptors (Lipinski definition) is 6. The summed E-state index contributed by atoms with van der Waals surface area (Å²) in [5, 5.41) is 23.0. The van der Waals surface area contributed by atoms with E-state index >= 15 is 0 Å². The molecule has 0 bridgehead atoms. The number of aromatic hydroxyl groups is 1. The SMILES string of the molecule is C=CCN1C(=O)[C@@H](C(=O)Nc2cc([N+](=O)[O-])ccc2O)C(=O)c2ccccc21. The third-order valence-corrected chi connectivity index (χ3v) is 4.26. The van der Waals surface area contributed by atoms with Crippen molar-refractivity contribution in [1.82, 2.24) is 0 Å². The van der Waals surface area contributed by atoms with E-state index in [1.807, 2.05) is 0 Å². The van der Waals surface area contributed by atoms with E-state index in [4.69, 9.17) is 0 Å². The summed E-state index contributed by atoms with van der Waals surface area (Å²) in [6.07, 6.45) is 1.46. The van der Waals surface area contributed by atoms with Gasteiger partial charge >= 0.3 is 0 Å². The first-order valence-electron chi connectivity index (χ1n) is 8.19. The first kappa shape index (κ1) is 18.8. The Morgan fingerprint density at radius 2 is 2.00 bits per heavy atom. The number of phenolic OH excluding ortho intramolecular Hbond substituents is 1. The van der Waals surface area contributed by atoms with Gasteiger partial charge in [0.2, 0.25) is 11.8 Å². The summed E-state index contributed by atoms with van der Waals surface area (Å²) < 4.78 is 0. The number of hydrogen-bond donors (Lipinski definition) is 2. The second-order valence-corrected chi connectivity index (χ2v) is 6.00. The lowest BCUT2D eigenvalue weighted by atomic mass is 9.89. The van der Waals surface area contributed by atoms with Crippen LogP contribution in [-0.2, 0) is 9.59 Å². The molecule has 1 aliphatic rings. The highest BCUT2D eigenvalue weighted by Gasteiger charge is 2.43. The molecule has 0 unspecified atom stereocenters. The number of Topliss-reactive ketones (excluding diaryl/α,β-unsaturated/α-hetero) is 1. The van der Waals surface area contributed by atoms with Crippen LogP contribution in [0.25, 0.3) is 0 Å². The van der Waals surface area contributed by atoms with Crippen LogP contribution in [0.4, 0.5) is 17.1 Å². The Kier molecular flexibility index (Phi) is 4.90. The predicted molar refractivity (Wildman–Crippen MR) is 100 cm³/mol. The van der Waals surface area contributed by atoms with Crippen LogP contribution in [0.5, 0.6) is 5.75 Å². The summed E-state index contributed by atoms with van der Waals surface area (Å²) >= 11 is 0. The van der Waals surface area contributed by atoms with Crippen molar-refractivity contribution in [3.05, 3.63) is 70.8 Å². The molecule has 9 nitrogen and oxygen atoms in total. The lowest BCUT2D eigenvalue weighted by Gasteiger charge is -2.31. The van der Waals surface area contributed by atoms with Gasteiger partial charge in [-0.05, 0) is 18.2 Å². The van der Waals surface area contributed by atoms with Crippen LogP contribution in [-0.4, -0.2) is 34.2 Å². The maximum absolute atomic E-state index is 12.8. The highest BCUT2D eigenvalue weighted by atomic mass is 16.6. The normalized spacial score (nSPS) is 15.7. The summed E-state index contributed by atoms with van der Waals surface area (Å²) in [6.45, 7) is 3.67. The van der Waals surface area contributed by atoms with Gasteiger partial charge < -0.3 is 15.3 Å². The average molecular weight is 381 g/mol. The number of benzene rings is 2. The van der Waals surface area contributed by atoms with E-state index in [0.29, 0.717) is 5.69 Å². The van der Waals surface area contributed by atoms with Gasteiger partial charge in [0.1, 0.15) is 5.75 Å². The Hall–Kier alpha value is -4.01. The summed E-state index contributed by atoms with van der Waals surface area (Å²) in [5.74, 6) is -4.55. The number of ketones is 1. The Bertz CT molecular complexity index is 1020. The lowest BCUT2D eigenvalue weighted by Crippen LogP contribution is -2.49. The highest BCUT2D eigenvalue weighted by Crippen LogP contribution is 2.33. The second-order valence-electron chi connectivity index (χ2n) is 6.00. The summed E-state index contributed by atoms with van der Waals surface area (Å²) in [4.78, 5) is 49.7. The Morgan fingerprint density at radius 1 is 1.29 bits per heavy atom. The van der Waals surface area contributed by atoms with E-state index < -0.39 is 34.2 Å². The zero-order valence-corrected chi connectivity index (χ0v) is 14.5. The van der Waals surface area contributed by atoms with Crippen LogP contribution in [0.15, 0.2) is 55.1 Å². The van der Waals surface area contributed by atoms with Crippen LogP contribution < -0.4 is 10.2 Å². The third kappa shape index (κ3) is 3.20. The maximum Gasteiger partial charge on any atom is 0.271 e. The van der Waals surface area contributed by atoms with Crippen LogP contribution in [0.2, 0.25) is 0 Å². The minimum atomic E-state index is -1.69. The minimum Gasteiger partial charge on any atom is -0.506 e. The molecule has 0 aliphatic carbocycles. The van der Waals surface area contributed by atoms with Crippen molar-refractivity contribution in [2.24, 2.45) is 5.92 Å². The lowest BCUT2D eigenvalue weighted by molar-refractivity contribution is -0.384. The molecule has 2 aromatic carbocycles. The summed E-state index contributed by atoms with van der Waals surface area (Å²) in [7, 11) is 0. The van der Waals surface area contributed by atoms with Gasteiger partial charge in [-0.1, -0.05) is 18.2 Å². The average Bonchev–Trinajstić information content (AvgIpc) is 2.67. The fourth-order valence-corrected chi connectivity index (χ4v) is 2.95. The molecule has 9 heteroatoms. The van der Waals surface area contributed by atoms with Gasteiger partial charge in [-0.15, -0.1) is 6.58 Å². The van der Waals surface area contributed by atoms with E-state index in [1.165, 1.54) is 17.0 Å². The fraction of sp³-hybridized carbons (Fsp3) is 0.105. The number of nitro groups is 1. The number of phenols is 1. The number of anilines is 2. The number of carbonyl (C=O) groups excluding carboxylic acids is 3. The molecule has 1 heterocycles. The maximum atomic E-state index is 12.8. The molecule has 2 amide bonds. The van der Waals surface area contributed by atoms with Gasteiger partial charge in [-0.2, -0.15) is 0 Å². The molecule has 1 atom stereocenters. The Morgan fingerprint density at radius 3 is 2.68 bits per heavy atom. The van der Waals surface area contributed by atoms with Crippen molar-refractivity contribution in [2.75, 3.05) is 16.8 Å². The van der Waals surface area contributed by atoms with Crippen LogP contribution in [0.1, 0.15) is 10.4 Å². The van der Waals surface area contributed by atoms with Crippen LogP contribution in [0.3, 0.4) is 0 Å². The van der Waals surface area contributed by atoms with Crippen LogP contribution >= 0.6 is 0 Å². The summed E-state index contributed by atoms with van der Waals surface area (Å²) in [6, 6.07) is 9.42. The van der Waals surface area contributed by atoms with Crippen molar-refractivity contribution in [3.63, 3.8) is 0 Å². The second kappa shape index (κ2) is 7.31. The molecule has 3 rings (SSSR count). The monoisotopic (exact) mass is 381 g/mol. The van der Waals surface area contributed by atoms with Gasteiger partial charge in [0.05, 0.1) is 16.3 Å². The molecule has 0 fully saturated rings. The molecular weight excluding hydrogens is 366 g/mol. The number of fused-ring (bicyclic) bond motifs is 1. The molecular formula is C19H15N3O6. The van der Waals surface area contributed by atoms with Crippen molar-refractivity contribution in [3.8, 4) is 5.75 Å². The largest absolute Gasteiger partial charge is 0.506 e. The number of amides is 2. The van der Waals surface area contributed by atoms with Gasteiger partial charge in [0.15, 0.2) is 11.7 Å². The molecule has 28 heavy (non-hydrogen) atoms. The first-order valence-corrected chi connectivity index (χ1v) is 8.19. The Labute approximate surface area is 159 Å². The van der Waals surface area contributed by atoms with Gasteiger partial charge in [-0.25, -0.2) is 0 Å². The number of rotatable bonds is 5. The number of nitrogens with one attached hydrogen (secondary N) is 1. The van der Waals surface area contributed by atoms with E-state index in [1.54, 1.807) is 18.2 Å². The summed E-state index contributed by atoms with van der Waals surface area (Å²) in [5.41, 5.74) is -0.0611. The van der Waals surface area contributed by atoms with Gasteiger partial charge in [-0.3, -0.25) is 24.5 Å². The molecule has 0 saturated heterocycles. The predicted octanol–water partition coefficient (Wildman–Crippen LogP) is 2.27. The number of nitro benzene ring substituents is 1. The number of non-ortho nitro benzene ring substituents is 1. The molecule has 0 radical (unpaired) electrons. The first-order chi connectivity index (χ1) is 13.3. The number of nitrogens with zero attached hydrogens (tertiary/aromatic N) is 2. The number of carbonyl (C=O) groups is 3. The van der Waals surface area contributed by atoms with Crippen molar-refractivity contribution in [1.29, 1.82) is 0 Å². The highest BCUT2D eigenvalue weighted by molar-refractivity contribution is 6.32. The van der Waals surface area contributed by atoms with Gasteiger partial charge in [0, 0.05) is 24.2 Å². The quantitative estimate of drug-likeness (QED) is 0.269. The van der Waals surface area contributed by atoms with Crippen LogP contribution in [0, 0.1) is 16.0 Å². The molecule has 142 valence electrons. The van der Waals surface area contributed by atoms with Crippen molar-refractivity contribution < 1.29 is 24.4 Å². The third-order valence-electron chi connectivity index (χ3n) is 4.26. The Balaban J connectivity index is 1.97. The fourth-order valence-electron chi connectivity index (χ4n) is 2.95. The van der Waals surface area contributed by atoms with E-state index in [-0.39, 0.29) is 23.5 Å². The molecule has 2 N–H and O–H groups in total. The van der Waals surface area contributed by atoms with E-state index in [9.17, 15) is 29.6 Å². The molecule has 1 aliphatic heterocycles. The number of para-hydroxylation sites is 1. The zero-order chi connectivity index (χ0) is 20.4. The molecule has 0 spiro atoms. The smallest absolute Gasteiger partial charge is 0.271 e. The molecule has 0 saturated carbocycles. The minimum absolute atomic E-state index is 0.0922. The molecule has 0 aromatic heterocycles.